The highest BCUT2D eigenvalue weighted by Crippen LogP contribution is 2.07. The van der Waals surface area contributed by atoms with Crippen molar-refractivity contribution in [3.05, 3.63) is 0 Å². The van der Waals surface area contributed by atoms with Crippen molar-refractivity contribution in [1.82, 2.24) is 15.1 Å². The second-order valence-corrected chi connectivity index (χ2v) is 5.39. The summed E-state index contributed by atoms with van der Waals surface area (Å²) in [5, 5.41) is 3.38. The maximum Gasteiger partial charge on any atom is 0.0113 e. The number of hydrogen-bond donors (Lipinski definition) is 1. The topological polar surface area (TPSA) is 18.5 Å². The summed E-state index contributed by atoms with van der Waals surface area (Å²) >= 11 is 0. The van der Waals surface area contributed by atoms with Crippen LogP contribution in [-0.4, -0.2) is 61.7 Å². The van der Waals surface area contributed by atoms with Gasteiger partial charge in [0, 0.05) is 32.2 Å². The minimum Gasteiger partial charge on any atom is -0.317 e. The molecule has 1 fully saturated rings. The fraction of sp³-hybridized carbons (Fsp3) is 1.00. The number of unbranched alkanes of at least 4 members (excludes halogenated alkanes) is 2. The van der Waals surface area contributed by atoms with E-state index >= 15 is 0 Å². The fourth-order valence-corrected chi connectivity index (χ4v) is 2.44. The first-order valence-electron chi connectivity index (χ1n) is 7.41. The van der Waals surface area contributed by atoms with E-state index in [0.29, 0.717) is 0 Å². The van der Waals surface area contributed by atoms with Gasteiger partial charge in [0.15, 0.2) is 0 Å². The van der Waals surface area contributed by atoms with Crippen LogP contribution in [0.5, 0.6) is 0 Å². The molecular weight excluding hydrogens is 210 g/mol. The molecule has 0 aliphatic carbocycles. The average molecular weight is 241 g/mol. The van der Waals surface area contributed by atoms with Gasteiger partial charge in [0.1, 0.15) is 0 Å². The highest BCUT2D eigenvalue weighted by molar-refractivity contribution is 4.74. The molecule has 102 valence electrons. The second kappa shape index (κ2) is 8.90. The van der Waals surface area contributed by atoms with Gasteiger partial charge in [0.25, 0.3) is 0 Å². The molecule has 1 heterocycles. The predicted octanol–water partition coefficient (Wildman–Crippen LogP) is 1.79. The molecule has 0 atom stereocenters. The Bertz CT molecular complexity index is 174. The van der Waals surface area contributed by atoms with Crippen molar-refractivity contribution in [1.29, 1.82) is 0 Å². The van der Waals surface area contributed by atoms with Gasteiger partial charge in [-0.05, 0) is 46.3 Å². The van der Waals surface area contributed by atoms with Crippen LogP contribution in [-0.2, 0) is 0 Å². The Morgan fingerprint density at radius 3 is 2.29 bits per heavy atom. The van der Waals surface area contributed by atoms with E-state index in [1.165, 1.54) is 58.5 Å². The molecule has 1 aliphatic rings. The Morgan fingerprint density at radius 2 is 1.71 bits per heavy atom. The summed E-state index contributed by atoms with van der Waals surface area (Å²) in [6.07, 6.45) is 4.07. The van der Waals surface area contributed by atoms with Crippen molar-refractivity contribution < 1.29 is 0 Å². The van der Waals surface area contributed by atoms with Crippen LogP contribution in [0.15, 0.2) is 0 Å². The highest BCUT2D eigenvalue weighted by Gasteiger charge is 2.17. The van der Waals surface area contributed by atoms with Crippen molar-refractivity contribution in [2.24, 2.45) is 0 Å². The standard InChI is InChI=1S/C14H31N3/c1-4-15-8-6-5-7-9-16-10-12-17(13-11-16)14(2)3/h14-15H,4-13H2,1-3H3. The lowest BCUT2D eigenvalue weighted by molar-refractivity contribution is 0.107. The zero-order valence-corrected chi connectivity index (χ0v) is 12.0. The van der Waals surface area contributed by atoms with E-state index in [0.717, 1.165) is 12.6 Å². The first kappa shape index (κ1) is 14.9. The molecule has 0 saturated carbocycles. The molecule has 3 nitrogen and oxygen atoms in total. The summed E-state index contributed by atoms with van der Waals surface area (Å²) < 4.78 is 0. The normalized spacial score (nSPS) is 19.1. The van der Waals surface area contributed by atoms with Crippen LogP contribution < -0.4 is 5.32 Å². The summed E-state index contributed by atoms with van der Waals surface area (Å²) in [4.78, 5) is 5.22. The van der Waals surface area contributed by atoms with Gasteiger partial charge >= 0.3 is 0 Å². The molecule has 1 rings (SSSR count). The fourth-order valence-electron chi connectivity index (χ4n) is 2.44. The van der Waals surface area contributed by atoms with E-state index in [2.05, 4.69) is 35.9 Å². The summed E-state index contributed by atoms with van der Waals surface area (Å²) in [6.45, 7) is 15.4. The van der Waals surface area contributed by atoms with Crippen LogP contribution in [0.4, 0.5) is 0 Å². The van der Waals surface area contributed by atoms with Crippen molar-refractivity contribution in [2.75, 3.05) is 45.8 Å². The minimum absolute atomic E-state index is 0.720. The zero-order chi connectivity index (χ0) is 12.5. The smallest absolute Gasteiger partial charge is 0.0113 e. The van der Waals surface area contributed by atoms with E-state index in [1.807, 2.05) is 0 Å². The molecule has 0 aromatic heterocycles. The van der Waals surface area contributed by atoms with Crippen molar-refractivity contribution in [2.45, 2.75) is 46.1 Å². The van der Waals surface area contributed by atoms with Crippen LogP contribution >= 0.6 is 0 Å². The van der Waals surface area contributed by atoms with E-state index in [-0.39, 0.29) is 0 Å². The molecule has 0 aromatic carbocycles. The lowest BCUT2D eigenvalue weighted by Crippen LogP contribution is -2.48. The van der Waals surface area contributed by atoms with E-state index < -0.39 is 0 Å². The molecule has 3 heteroatoms. The Morgan fingerprint density at radius 1 is 1.00 bits per heavy atom. The zero-order valence-electron chi connectivity index (χ0n) is 12.0. The maximum absolute atomic E-state index is 3.38. The van der Waals surface area contributed by atoms with Gasteiger partial charge in [-0.2, -0.15) is 0 Å². The highest BCUT2D eigenvalue weighted by atomic mass is 15.3. The number of nitrogens with one attached hydrogen (secondary N) is 1. The Hall–Kier alpha value is -0.120. The van der Waals surface area contributed by atoms with Gasteiger partial charge in [-0.3, -0.25) is 4.90 Å². The average Bonchev–Trinajstić information content (AvgIpc) is 2.34. The van der Waals surface area contributed by atoms with E-state index in [1.54, 1.807) is 0 Å². The van der Waals surface area contributed by atoms with E-state index in [9.17, 15) is 0 Å². The van der Waals surface area contributed by atoms with E-state index in [4.69, 9.17) is 0 Å². The van der Waals surface area contributed by atoms with Crippen molar-refractivity contribution in [3.8, 4) is 0 Å². The van der Waals surface area contributed by atoms with Gasteiger partial charge in [-0.25, -0.2) is 0 Å². The second-order valence-electron chi connectivity index (χ2n) is 5.39. The quantitative estimate of drug-likeness (QED) is 0.654. The van der Waals surface area contributed by atoms with Gasteiger partial charge in [0.2, 0.25) is 0 Å². The monoisotopic (exact) mass is 241 g/mol. The third-order valence-electron chi connectivity index (χ3n) is 3.72. The third kappa shape index (κ3) is 6.39. The Kier molecular flexibility index (Phi) is 7.82. The lowest BCUT2D eigenvalue weighted by atomic mass is 10.2. The molecule has 0 unspecified atom stereocenters. The molecule has 1 saturated heterocycles. The Labute approximate surface area is 108 Å². The number of piperazine rings is 1. The summed E-state index contributed by atoms with van der Waals surface area (Å²) in [6, 6.07) is 0.720. The van der Waals surface area contributed by atoms with Crippen molar-refractivity contribution >= 4 is 0 Å². The van der Waals surface area contributed by atoms with Gasteiger partial charge in [0.05, 0.1) is 0 Å². The molecular formula is C14H31N3. The minimum atomic E-state index is 0.720. The summed E-state index contributed by atoms with van der Waals surface area (Å²) in [7, 11) is 0. The Balaban J connectivity index is 1.95. The molecule has 0 amide bonds. The number of rotatable bonds is 8. The molecule has 0 spiro atoms. The summed E-state index contributed by atoms with van der Waals surface area (Å²) in [5.41, 5.74) is 0. The molecule has 0 aromatic rings. The maximum atomic E-state index is 3.38. The number of hydrogen-bond acceptors (Lipinski definition) is 3. The molecule has 17 heavy (non-hydrogen) atoms. The molecule has 0 radical (unpaired) electrons. The van der Waals surface area contributed by atoms with Crippen LogP contribution in [0.1, 0.15) is 40.0 Å². The lowest BCUT2D eigenvalue weighted by Gasteiger charge is -2.36. The first-order valence-corrected chi connectivity index (χ1v) is 7.41. The molecule has 1 N–H and O–H groups in total. The molecule has 0 bridgehead atoms. The number of nitrogens with zero attached hydrogens (tertiary/aromatic N) is 2. The van der Waals surface area contributed by atoms with Crippen LogP contribution in [0.2, 0.25) is 0 Å². The van der Waals surface area contributed by atoms with Crippen LogP contribution in [0.3, 0.4) is 0 Å². The van der Waals surface area contributed by atoms with Crippen LogP contribution in [0.25, 0.3) is 0 Å². The largest absolute Gasteiger partial charge is 0.317 e. The molecule has 1 aliphatic heterocycles. The summed E-state index contributed by atoms with van der Waals surface area (Å²) in [5.74, 6) is 0. The predicted molar refractivity (Wildman–Crippen MR) is 75.5 cm³/mol. The van der Waals surface area contributed by atoms with Gasteiger partial charge in [-0.1, -0.05) is 13.3 Å². The third-order valence-corrected chi connectivity index (χ3v) is 3.72. The SMILES string of the molecule is CCNCCCCCN1CCN(C(C)C)CC1. The first-order chi connectivity index (χ1) is 8.24. The van der Waals surface area contributed by atoms with Crippen LogP contribution in [0, 0.1) is 0 Å². The van der Waals surface area contributed by atoms with Gasteiger partial charge in [-0.15, -0.1) is 0 Å². The van der Waals surface area contributed by atoms with Gasteiger partial charge < -0.3 is 10.2 Å². The van der Waals surface area contributed by atoms with Crippen molar-refractivity contribution in [3.63, 3.8) is 0 Å².